The smallest absolute Gasteiger partial charge is 0.244 e. The lowest BCUT2D eigenvalue weighted by atomic mass is 10.1. The second-order valence-corrected chi connectivity index (χ2v) is 4.77. The number of halogens is 1. The first-order valence-corrected chi connectivity index (χ1v) is 6.15. The van der Waals surface area contributed by atoms with Crippen molar-refractivity contribution in [1.82, 2.24) is 15.5 Å². The molecule has 1 aromatic heterocycles. The normalized spacial score (nSPS) is 22.9. The molecule has 0 spiro atoms. The molecule has 2 unspecified atom stereocenters. The largest absolute Gasteiger partial charge is 0.392 e. The van der Waals surface area contributed by atoms with Crippen LogP contribution in [0.4, 0.5) is 4.39 Å². The van der Waals surface area contributed by atoms with Gasteiger partial charge in [0.1, 0.15) is 5.82 Å². The fourth-order valence-corrected chi connectivity index (χ4v) is 2.23. The van der Waals surface area contributed by atoms with E-state index in [4.69, 9.17) is 4.52 Å². The number of aliphatic hydroxyl groups excluding tert-OH is 1. The Kier molecular flexibility index (Phi) is 3.04. The number of hydrogen-bond acceptors (Lipinski definition) is 5. The topological polar surface area (TPSA) is 71.2 Å². The number of benzene rings is 1. The minimum absolute atomic E-state index is 0.134. The lowest BCUT2D eigenvalue weighted by Crippen LogP contribution is -2.15. The van der Waals surface area contributed by atoms with Gasteiger partial charge in [0, 0.05) is 12.1 Å². The van der Waals surface area contributed by atoms with Crippen molar-refractivity contribution in [1.29, 1.82) is 0 Å². The summed E-state index contributed by atoms with van der Waals surface area (Å²) in [6.07, 6.45) is 0.153. The number of hydrogen-bond donors (Lipinski definition) is 2. The maximum Gasteiger partial charge on any atom is 0.244 e. The Balaban J connectivity index is 1.90. The summed E-state index contributed by atoms with van der Waals surface area (Å²) < 4.78 is 18.4. The second-order valence-electron chi connectivity index (χ2n) is 4.77. The molecule has 0 bridgehead atoms. The summed E-state index contributed by atoms with van der Waals surface area (Å²) in [7, 11) is 0. The first kappa shape index (κ1) is 12.3. The van der Waals surface area contributed by atoms with Gasteiger partial charge in [0.25, 0.3) is 0 Å². The Labute approximate surface area is 109 Å². The molecule has 3 rings (SSSR count). The number of rotatable bonds is 2. The van der Waals surface area contributed by atoms with E-state index in [-0.39, 0.29) is 11.9 Å². The predicted octanol–water partition coefficient (Wildman–Crippen LogP) is 1.58. The molecule has 0 amide bonds. The zero-order valence-electron chi connectivity index (χ0n) is 10.4. The van der Waals surface area contributed by atoms with Crippen molar-refractivity contribution in [2.75, 3.05) is 6.54 Å². The minimum atomic E-state index is -0.392. The molecule has 1 aliphatic heterocycles. The van der Waals surface area contributed by atoms with Crippen LogP contribution in [0.15, 0.2) is 22.7 Å². The van der Waals surface area contributed by atoms with E-state index in [1.165, 1.54) is 12.1 Å². The first-order chi connectivity index (χ1) is 9.13. The first-order valence-electron chi connectivity index (χ1n) is 6.15. The van der Waals surface area contributed by atoms with Crippen LogP contribution in [0.5, 0.6) is 0 Å². The van der Waals surface area contributed by atoms with Gasteiger partial charge in [-0.25, -0.2) is 4.39 Å². The maximum atomic E-state index is 13.3. The van der Waals surface area contributed by atoms with Crippen molar-refractivity contribution in [3.05, 3.63) is 35.5 Å². The summed E-state index contributed by atoms with van der Waals surface area (Å²) in [6.45, 7) is 2.38. The Morgan fingerprint density at radius 3 is 3.05 bits per heavy atom. The Morgan fingerprint density at radius 1 is 1.47 bits per heavy atom. The zero-order valence-corrected chi connectivity index (χ0v) is 10.4. The van der Waals surface area contributed by atoms with E-state index in [1.807, 2.05) is 6.92 Å². The predicted molar refractivity (Wildman–Crippen MR) is 65.8 cm³/mol. The van der Waals surface area contributed by atoms with Crippen LogP contribution in [0.1, 0.15) is 23.9 Å². The molecule has 1 saturated heterocycles. The van der Waals surface area contributed by atoms with Gasteiger partial charge in [0.05, 0.1) is 12.1 Å². The van der Waals surface area contributed by atoms with Gasteiger partial charge in [-0.2, -0.15) is 4.98 Å². The van der Waals surface area contributed by atoms with Gasteiger partial charge in [-0.05, 0) is 31.0 Å². The van der Waals surface area contributed by atoms with Crippen molar-refractivity contribution in [2.24, 2.45) is 0 Å². The third-order valence-electron chi connectivity index (χ3n) is 3.29. The van der Waals surface area contributed by atoms with Crippen molar-refractivity contribution in [3.8, 4) is 11.4 Å². The molecule has 1 fully saturated rings. The zero-order chi connectivity index (χ0) is 13.4. The molecular formula is C13H14FN3O2. The highest BCUT2D eigenvalue weighted by Crippen LogP contribution is 2.26. The van der Waals surface area contributed by atoms with Crippen LogP contribution in [0.25, 0.3) is 11.4 Å². The fraction of sp³-hybridized carbons (Fsp3) is 0.385. The molecule has 1 aromatic carbocycles. The average Bonchev–Trinajstić information content (AvgIpc) is 3.00. The average molecular weight is 263 g/mol. The molecule has 1 aliphatic rings. The van der Waals surface area contributed by atoms with Crippen molar-refractivity contribution in [3.63, 3.8) is 0 Å². The van der Waals surface area contributed by atoms with Gasteiger partial charge < -0.3 is 14.9 Å². The molecular weight excluding hydrogens is 249 g/mol. The van der Waals surface area contributed by atoms with Crippen LogP contribution in [-0.2, 0) is 0 Å². The van der Waals surface area contributed by atoms with Crippen molar-refractivity contribution in [2.45, 2.75) is 25.5 Å². The molecule has 2 atom stereocenters. The molecule has 2 aromatic rings. The molecule has 0 radical (unpaired) electrons. The second kappa shape index (κ2) is 4.71. The van der Waals surface area contributed by atoms with Gasteiger partial charge in [0.2, 0.25) is 11.7 Å². The van der Waals surface area contributed by atoms with Gasteiger partial charge in [-0.1, -0.05) is 11.2 Å². The van der Waals surface area contributed by atoms with Crippen molar-refractivity contribution >= 4 is 0 Å². The highest BCUT2D eigenvalue weighted by Gasteiger charge is 2.28. The van der Waals surface area contributed by atoms with Crippen LogP contribution in [0, 0.1) is 12.7 Å². The number of nitrogens with one attached hydrogen (secondary N) is 1. The summed E-state index contributed by atoms with van der Waals surface area (Å²) >= 11 is 0. The SMILES string of the molecule is Cc1ccc(F)cc1-c1noc(C2CC(O)CN2)n1. The van der Waals surface area contributed by atoms with Crippen LogP contribution >= 0.6 is 0 Å². The minimum Gasteiger partial charge on any atom is -0.392 e. The highest BCUT2D eigenvalue weighted by atomic mass is 19.1. The van der Waals surface area contributed by atoms with E-state index in [2.05, 4.69) is 15.5 Å². The van der Waals surface area contributed by atoms with Crippen LogP contribution < -0.4 is 5.32 Å². The van der Waals surface area contributed by atoms with E-state index in [9.17, 15) is 9.50 Å². The third kappa shape index (κ3) is 2.36. The van der Waals surface area contributed by atoms with Crippen LogP contribution in [0.3, 0.4) is 0 Å². The molecule has 6 heteroatoms. The van der Waals surface area contributed by atoms with E-state index in [0.717, 1.165) is 5.56 Å². The van der Waals surface area contributed by atoms with Gasteiger partial charge >= 0.3 is 0 Å². The number of nitrogens with zero attached hydrogens (tertiary/aromatic N) is 2. The lowest BCUT2D eigenvalue weighted by molar-refractivity contribution is 0.191. The molecule has 19 heavy (non-hydrogen) atoms. The Hall–Kier alpha value is -1.79. The molecule has 0 saturated carbocycles. The molecule has 5 nitrogen and oxygen atoms in total. The summed E-state index contributed by atoms with van der Waals surface area (Å²) in [5.74, 6) is 0.465. The van der Waals surface area contributed by atoms with Crippen molar-refractivity contribution < 1.29 is 14.0 Å². The molecule has 2 N–H and O–H groups in total. The fourth-order valence-electron chi connectivity index (χ4n) is 2.23. The summed E-state index contributed by atoms with van der Waals surface area (Å²) in [4.78, 5) is 4.28. The summed E-state index contributed by atoms with van der Waals surface area (Å²) in [5.41, 5.74) is 1.50. The monoisotopic (exact) mass is 263 g/mol. The number of aryl methyl sites for hydroxylation is 1. The number of aromatic nitrogens is 2. The van der Waals surface area contributed by atoms with Crippen LogP contribution in [-0.4, -0.2) is 27.9 Å². The van der Waals surface area contributed by atoms with Gasteiger partial charge in [-0.3, -0.25) is 0 Å². The highest BCUT2D eigenvalue weighted by molar-refractivity contribution is 5.59. The summed E-state index contributed by atoms with van der Waals surface area (Å²) in [6, 6.07) is 4.33. The molecule has 2 heterocycles. The van der Waals surface area contributed by atoms with E-state index in [0.29, 0.717) is 30.2 Å². The quantitative estimate of drug-likeness (QED) is 0.860. The maximum absolute atomic E-state index is 13.3. The van der Waals surface area contributed by atoms with E-state index in [1.54, 1.807) is 6.07 Å². The van der Waals surface area contributed by atoms with E-state index >= 15 is 0 Å². The Bertz CT molecular complexity index is 599. The Morgan fingerprint density at radius 2 is 2.32 bits per heavy atom. The molecule has 100 valence electrons. The van der Waals surface area contributed by atoms with E-state index < -0.39 is 6.10 Å². The summed E-state index contributed by atoms with van der Waals surface area (Å²) in [5, 5.41) is 16.4. The van der Waals surface area contributed by atoms with Gasteiger partial charge in [0.15, 0.2) is 0 Å². The third-order valence-corrected chi connectivity index (χ3v) is 3.29. The number of aliphatic hydroxyl groups is 1. The molecule has 0 aliphatic carbocycles. The number of β-amino-alcohol motifs (C(OH)–C–C–N with tert-alkyl or cyclic N) is 1. The standard InChI is InChI=1S/C13H14FN3O2/c1-7-2-3-8(14)4-10(7)12-16-13(19-17-12)11-5-9(18)6-15-11/h2-4,9,11,15,18H,5-6H2,1H3. The van der Waals surface area contributed by atoms with Crippen LogP contribution in [0.2, 0.25) is 0 Å². The lowest BCUT2D eigenvalue weighted by Gasteiger charge is -2.02. The van der Waals surface area contributed by atoms with Gasteiger partial charge in [-0.15, -0.1) is 0 Å².